The Balaban J connectivity index is 2.13. The van der Waals surface area contributed by atoms with Gasteiger partial charge in [0.2, 0.25) is 0 Å². The lowest BCUT2D eigenvalue weighted by Gasteiger charge is -2.10. The van der Waals surface area contributed by atoms with Crippen molar-refractivity contribution in [2.45, 2.75) is 6.92 Å². The summed E-state index contributed by atoms with van der Waals surface area (Å²) in [7, 11) is 0. The molecule has 5 heteroatoms. The Bertz CT molecular complexity index is 682. The lowest BCUT2D eigenvalue weighted by atomic mass is 10.2. The molecule has 0 spiro atoms. The number of hydrogen-bond donors (Lipinski definition) is 2. The van der Waals surface area contributed by atoms with E-state index in [2.05, 4.69) is 17.2 Å². The number of aliphatic hydroxyl groups is 1. The van der Waals surface area contributed by atoms with Crippen molar-refractivity contribution in [1.29, 1.82) is 0 Å². The summed E-state index contributed by atoms with van der Waals surface area (Å²) >= 11 is 1.37. The van der Waals surface area contributed by atoms with Crippen LogP contribution in [0.1, 0.15) is 22.2 Å². The quantitative estimate of drug-likeness (QED) is 0.854. The van der Waals surface area contributed by atoms with Crippen molar-refractivity contribution < 1.29 is 14.6 Å². The van der Waals surface area contributed by atoms with Gasteiger partial charge in [0.05, 0.1) is 22.7 Å². The fourth-order valence-corrected chi connectivity index (χ4v) is 2.45. The van der Waals surface area contributed by atoms with Crippen molar-refractivity contribution in [2.75, 3.05) is 18.5 Å². The van der Waals surface area contributed by atoms with Gasteiger partial charge in [0.15, 0.2) is 0 Å². The van der Waals surface area contributed by atoms with Crippen LogP contribution in [0.5, 0.6) is 5.75 Å². The van der Waals surface area contributed by atoms with Gasteiger partial charge >= 0.3 is 0 Å². The number of amides is 1. The predicted octanol–water partition coefficient (Wildman–Crippen LogP) is 2.74. The highest BCUT2D eigenvalue weighted by Crippen LogP contribution is 2.25. The summed E-state index contributed by atoms with van der Waals surface area (Å²) in [5.41, 5.74) is 1.17. The maximum atomic E-state index is 12.2. The van der Waals surface area contributed by atoms with Crippen LogP contribution in [0, 0.1) is 11.8 Å². The van der Waals surface area contributed by atoms with Crippen LogP contribution in [-0.4, -0.2) is 24.2 Å². The highest BCUT2D eigenvalue weighted by molar-refractivity contribution is 7.10. The Morgan fingerprint density at radius 1 is 1.43 bits per heavy atom. The fourth-order valence-electron chi connectivity index (χ4n) is 1.69. The highest BCUT2D eigenvalue weighted by atomic mass is 32.1. The summed E-state index contributed by atoms with van der Waals surface area (Å²) in [6.45, 7) is 2.23. The van der Waals surface area contributed by atoms with E-state index in [4.69, 9.17) is 9.84 Å². The van der Waals surface area contributed by atoms with Crippen LogP contribution in [0.2, 0.25) is 0 Å². The van der Waals surface area contributed by atoms with Crippen LogP contribution in [0.4, 0.5) is 5.69 Å². The maximum absolute atomic E-state index is 12.2. The van der Waals surface area contributed by atoms with Gasteiger partial charge in [-0.15, -0.1) is 11.3 Å². The lowest BCUT2D eigenvalue weighted by molar-refractivity contribution is 0.102. The van der Waals surface area contributed by atoms with Crippen LogP contribution < -0.4 is 10.1 Å². The molecule has 0 saturated carbocycles. The molecule has 0 aliphatic rings. The zero-order valence-electron chi connectivity index (χ0n) is 11.6. The third-order valence-corrected chi connectivity index (χ3v) is 3.43. The van der Waals surface area contributed by atoms with Gasteiger partial charge in [0.25, 0.3) is 5.91 Å². The minimum atomic E-state index is -0.213. The molecular formula is C16H15NO3S. The molecule has 0 saturated heterocycles. The van der Waals surface area contributed by atoms with Crippen LogP contribution in [-0.2, 0) is 0 Å². The largest absolute Gasteiger partial charge is 0.492 e. The number of thiophene rings is 1. The summed E-state index contributed by atoms with van der Waals surface area (Å²) in [5.74, 6) is 5.77. The lowest BCUT2D eigenvalue weighted by Crippen LogP contribution is -2.12. The summed E-state index contributed by atoms with van der Waals surface area (Å²) in [6, 6.07) is 9.00. The Morgan fingerprint density at radius 3 is 3.00 bits per heavy atom. The normalized spacial score (nSPS) is 9.62. The van der Waals surface area contributed by atoms with Crippen LogP contribution in [0.15, 0.2) is 35.7 Å². The third kappa shape index (κ3) is 4.09. The highest BCUT2D eigenvalue weighted by Gasteiger charge is 2.11. The van der Waals surface area contributed by atoms with E-state index in [1.54, 1.807) is 17.5 Å². The second-order valence-corrected chi connectivity index (χ2v) is 4.95. The Morgan fingerprint density at radius 2 is 2.24 bits per heavy atom. The monoisotopic (exact) mass is 301 g/mol. The molecule has 0 unspecified atom stereocenters. The van der Waals surface area contributed by atoms with Gasteiger partial charge in [0, 0.05) is 5.38 Å². The minimum absolute atomic E-state index is 0.193. The Hall–Kier alpha value is -2.29. The molecule has 0 radical (unpaired) electrons. The molecule has 1 aromatic carbocycles. The number of ether oxygens (including phenoxy) is 1. The van der Waals surface area contributed by atoms with Gasteiger partial charge in [-0.05, 0) is 25.1 Å². The van der Waals surface area contributed by atoms with Gasteiger partial charge in [-0.3, -0.25) is 4.79 Å². The molecule has 0 bridgehead atoms. The van der Waals surface area contributed by atoms with Gasteiger partial charge in [-0.25, -0.2) is 0 Å². The van der Waals surface area contributed by atoms with Crippen molar-refractivity contribution in [1.82, 2.24) is 0 Å². The first kappa shape index (κ1) is 15.1. The van der Waals surface area contributed by atoms with Gasteiger partial charge in [-0.2, -0.15) is 0 Å². The molecule has 1 amide bonds. The van der Waals surface area contributed by atoms with E-state index in [-0.39, 0.29) is 12.5 Å². The molecule has 0 atom stereocenters. The zero-order valence-corrected chi connectivity index (χ0v) is 12.4. The third-order valence-electron chi connectivity index (χ3n) is 2.59. The summed E-state index contributed by atoms with van der Waals surface area (Å²) in [6.07, 6.45) is 0. The molecule has 2 aromatic rings. The number of carbonyl (C=O) groups is 1. The van der Waals surface area contributed by atoms with Crippen LogP contribution >= 0.6 is 11.3 Å². The summed E-state index contributed by atoms with van der Waals surface area (Å²) in [4.78, 5) is 12.9. The fraction of sp³-hybridized carbons (Fsp3) is 0.188. The van der Waals surface area contributed by atoms with E-state index in [1.807, 2.05) is 25.1 Å². The number of aliphatic hydroxyl groups excluding tert-OH is 1. The average molecular weight is 301 g/mol. The van der Waals surface area contributed by atoms with Crippen molar-refractivity contribution in [3.8, 4) is 17.6 Å². The van der Waals surface area contributed by atoms with Crippen LogP contribution in [0.3, 0.4) is 0 Å². The number of anilines is 1. The smallest absolute Gasteiger partial charge is 0.256 e. The first-order valence-corrected chi connectivity index (χ1v) is 7.34. The number of carbonyl (C=O) groups excluding carboxylic acids is 1. The standard InChI is InChI=1S/C16H15NO3S/c1-2-20-15-8-4-3-7-14(15)17-16(19)12-10-13(21-11-12)6-5-9-18/h3-4,7-8,10-11,18H,2,9H2,1H3,(H,17,19). The second kappa shape index (κ2) is 7.48. The van der Waals surface area contributed by atoms with E-state index in [0.29, 0.717) is 23.6 Å². The maximum Gasteiger partial charge on any atom is 0.256 e. The summed E-state index contributed by atoms with van der Waals surface area (Å²) in [5, 5.41) is 13.2. The Kier molecular flexibility index (Phi) is 5.38. The zero-order chi connectivity index (χ0) is 15.1. The Labute approximate surface area is 127 Å². The van der Waals surface area contributed by atoms with E-state index in [9.17, 15) is 4.79 Å². The van der Waals surface area contributed by atoms with E-state index in [1.165, 1.54) is 11.3 Å². The molecule has 21 heavy (non-hydrogen) atoms. The van der Waals surface area contributed by atoms with E-state index < -0.39 is 0 Å². The van der Waals surface area contributed by atoms with Crippen LogP contribution in [0.25, 0.3) is 0 Å². The topological polar surface area (TPSA) is 58.6 Å². The molecule has 108 valence electrons. The van der Waals surface area contributed by atoms with Crippen molar-refractivity contribution in [3.05, 3.63) is 46.2 Å². The first-order valence-electron chi connectivity index (χ1n) is 6.46. The van der Waals surface area contributed by atoms with Crippen molar-refractivity contribution in [3.63, 3.8) is 0 Å². The molecule has 1 aromatic heterocycles. The first-order chi connectivity index (χ1) is 10.2. The molecule has 0 aliphatic carbocycles. The molecule has 4 nitrogen and oxygen atoms in total. The van der Waals surface area contributed by atoms with Gasteiger partial charge in [0.1, 0.15) is 12.4 Å². The van der Waals surface area contributed by atoms with Crippen molar-refractivity contribution in [2.24, 2.45) is 0 Å². The SMILES string of the molecule is CCOc1ccccc1NC(=O)c1csc(C#CCO)c1. The molecular weight excluding hydrogens is 286 g/mol. The second-order valence-electron chi connectivity index (χ2n) is 4.04. The number of nitrogens with one attached hydrogen (secondary N) is 1. The molecule has 0 fully saturated rings. The van der Waals surface area contributed by atoms with E-state index in [0.717, 1.165) is 4.88 Å². The minimum Gasteiger partial charge on any atom is -0.492 e. The molecule has 2 rings (SSSR count). The molecule has 2 N–H and O–H groups in total. The van der Waals surface area contributed by atoms with Gasteiger partial charge in [-0.1, -0.05) is 24.0 Å². The summed E-state index contributed by atoms with van der Waals surface area (Å²) < 4.78 is 5.47. The van der Waals surface area contributed by atoms with Crippen molar-refractivity contribution >= 4 is 22.9 Å². The molecule has 0 aliphatic heterocycles. The number of rotatable bonds is 4. The molecule has 1 heterocycles. The average Bonchev–Trinajstić information content (AvgIpc) is 2.96. The van der Waals surface area contributed by atoms with E-state index >= 15 is 0 Å². The predicted molar refractivity (Wildman–Crippen MR) is 83.8 cm³/mol. The number of benzene rings is 1. The number of para-hydroxylation sites is 2. The number of hydrogen-bond acceptors (Lipinski definition) is 4. The van der Waals surface area contributed by atoms with Gasteiger partial charge < -0.3 is 15.2 Å².